The predicted octanol–water partition coefficient (Wildman–Crippen LogP) is 3.47. The number of carbonyl (C=O) groups is 2. The number of benzene rings is 1. The first-order chi connectivity index (χ1) is 18.7. The molecule has 2 aromatic heterocycles. The van der Waals surface area contributed by atoms with E-state index in [4.69, 9.17) is 10.5 Å². The maximum absolute atomic E-state index is 15.1. The minimum absolute atomic E-state index is 0.293. The lowest BCUT2D eigenvalue weighted by molar-refractivity contribution is -0.159. The molecular weight excluding hydrogens is 553 g/mol. The van der Waals surface area contributed by atoms with E-state index in [-0.39, 0.29) is 17.9 Å². The second kappa shape index (κ2) is 9.52. The molecule has 0 bridgehead atoms. The summed E-state index contributed by atoms with van der Waals surface area (Å²) in [5.41, 5.74) is 2.57. The number of likely N-dealkylation sites (tertiary alicyclic amines) is 1. The third kappa shape index (κ3) is 4.75. The van der Waals surface area contributed by atoms with Crippen molar-refractivity contribution in [1.29, 1.82) is 0 Å². The second-order valence-corrected chi connectivity index (χ2v) is 9.68. The zero-order chi connectivity index (χ0) is 29.1. The SMILES string of the molecule is COc1cc(F)c(-c2cc(C(F)(F)F)c3c(N)ncnn23)cc1C(=O)NC1CN(C(=O)C2CC(F)(F)C2)CC1F. The lowest BCUT2D eigenvalue weighted by atomic mass is 9.80. The van der Waals surface area contributed by atoms with Crippen LogP contribution in [0.5, 0.6) is 5.75 Å². The van der Waals surface area contributed by atoms with Crippen LogP contribution in [-0.2, 0) is 11.0 Å². The number of alkyl halides is 6. The van der Waals surface area contributed by atoms with Crippen molar-refractivity contribution in [3.8, 4) is 17.0 Å². The Hall–Kier alpha value is -4.11. The second-order valence-electron chi connectivity index (χ2n) is 9.68. The van der Waals surface area contributed by atoms with E-state index < -0.39 is 95.4 Å². The number of rotatable bonds is 5. The summed E-state index contributed by atoms with van der Waals surface area (Å²) in [6.45, 7) is -0.714. The molecule has 0 radical (unpaired) electrons. The van der Waals surface area contributed by atoms with Crippen LogP contribution >= 0.6 is 0 Å². The van der Waals surface area contributed by atoms with Gasteiger partial charge in [-0.2, -0.15) is 18.3 Å². The molecule has 9 nitrogen and oxygen atoms in total. The summed E-state index contributed by atoms with van der Waals surface area (Å²) in [7, 11) is 1.12. The summed E-state index contributed by atoms with van der Waals surface area (Å²) in [6.07, 6.45) is -7.02. The summed E-state index contributed by atoms with van der Waals surface area (Å²) >= 11 is 0. The van der Waals surface area contributed by atoms with Crippen molar-refractivity contribution in [3.63, 3.8) is 0 Å². The number of ether oxygens (including phenoxy) is 1. The van der Waals surface area contributed by atoms with Gasteiger partial charge in [0.05, 0.1) is 36.5 Å². The summed E-state index contributed by atoms with van der Waals surface area (Å²) in [5, 5.41) is 6.14. The van der Waals surface area contributed by atoms with Gasteiger partial charge >= 0.3 is 6.18 Å². The fraction of sp³-hybridized carbons (Fsp3) is 0.417. The van der Waals surface area contributed by atoms with Crippen molar-refractivity contribution in [1.82, 2.24) is 24.8 Å². The highest BCUT2D eigenvalue weighted by molar-refractivity contribution is 5.98. The molecule has 0 spiro atoms. The molecule has 16 heteroatoms. The van der Waals surface area contributed by atoms with Crippen LogP contribution in [0.1, 0.15) is 28.8 Å². The summed E-state index contributed by atoms with van der Waals surface area (Å²) in [4.78, 5) is 30.2. The first-order valence-corrected chi connectivity index (χ1v) is 11.9. The fourth-order valence-electron chi connectivity index (χ4n) is 4.99. The van der Waals surface area contributed by atoms with Gasteiger partial charge in [0, 0.05) is 36.9 Å². The monoisotopic (exact) mass is 574 g/mol. The maximum atomic E-state index is 15.1. The first kappa shape index (κ1) is 27.5. The van der Waals surface area contributed by atoms with Crippen molar-refractivity contribution < 1.29 is 45.1 Å². The number of nitrogens with two attached hydrogens (primary N) is 1. The van der Waals surface area contributed by atoms with Gasteiger partial charge in [0.1, 0.15) is 29.6 Å². The molecule has 2 fully saturated rings. The van der Waals surface area contributed by atoms with Gasteiger partial charge in [-0.3, -0.25) is 9.59 Å². The number of halogens is 7. The van der Waals surface area contributed by atoms with E-state index in [0.29, 0.717) is 6.07 Å². The van der Waals surface area contributed by atoms with Gasteiger partial charge in [-0.25, -0.2) is 27.1 Å². The number of hydrogen-bond donors (Lipinski definition) is 2. The maximum Gasteiger partial charge on any atom is 0.418 e. The third-order valence-corrected chi connectivity index (χ3v) is 7.01. The van der Waals surface area contributed by atoms with Crippen molar-refractivity contribution >= 4 is 23.1 Å². The van der Waals surface area contributed by atoms with E-state index in [0.717, 1.165) is 35.0 Å². The van der Waals surface area contributed by atoms with Gasteiger partial charge in [-0.15, -0.1) is 0 Å². The molecule has 1 aliphatic heterocycles. The molecule has 2 aliphatic rings. The van der Waals surface area contributed by atoms with E-state index in [2.05, 4.69) is 15.4 Å². The number of amides is 2. The highest BCUT2D eigenvalue weighted by Crippen LogP contribution is 2.44. The number of hydrogen-bond acceptors (Lipinski definition) is 6. The molecule has 2 unspecified atom stereocenters. The van der Waals surface area contributed by atoms with E-state index in [1.165, 1.54) is 0 Å². The van der Waals surface area contributed by atoms with E-state index in [1.54, 1.807) is 0 Å². The molecule has 1 aromatic carbocycles. The Morgan fingerprint density at radius 3 is 2.50 bits per heavy atom. The van der Waals surface area contributed by atoms with Gasteiger partial charge < -0.3 is 20.7 Å². The molecule has 1 aliphatic carbocycles. The fourth-order valence-corrected chi connectivity index (χ4v) is 4.99. The minimum Gasteiger partial charge on any atom is -0.496 e. The molecule has 1 saturated carbocycles. The highest BCUT2D eigenvalue weighted by atomic mass is 19.4. The molecule has 1 saturated heterocycles. The number of aromatic nitrogens is 3. The van der Waals surface area contributed by atoms with Crippen molar-refractivity contribution in [3.05, 3.63) is 41.5 Å². The predicted molar refractivity (Wildman–Crippen MR) is 125 cm³/mol. The number of carbonyl (C=O) groups excluding carboxylic acids is 2. The average Bonchev–Trinajstić information content (AvgIpc) is 3.43. The van der Waals surface area contributed by atoms with Gasteiger partial charge in [0.15, 0.2) is 5.82 Å². The largest absolute Gasteiger partial charge is 0.496 e. The molecule has 5 rings (SSSR count). The Balaban J connectivity index is 1.45. The summed E-state index contributed by atoms with van der Waals surface area (Å²) < 4.78 is 103. The van der Waals surface area contributed by atoms with Gasteiger partial charge in [-0.1, -0.05) is 0 Å². The Morgan fingerprint density at radius 2 is 1.88 bits per heavy atom. The third-order valence-electron chi connectivity index (χ3n) is 7.01. The highest BCUT2D eigenvalue weighted by Gasteiger charge is 2.51. The number of methoxy groups -OCH3 is 1. The van der Waals surface area contributed by atoms with E-state index in [1.807, 2.05) is 0 Å². The molecule has 2 amide bonds. The number of fused-ring (bicyclic) bond motifs is 1. The topological polar surface area (TPSA) is 115 Å². The van der Waals surface area contributed by atoms with E-state index in [9.17, 15) is 35.9 Å². The number of nitrogen functional groups attached to an aromatic ring is 1. The van der Waals surface area contributed by atoms with E-state index >= 15 is 4.39 Å². The Labute approximate surface area is 221 Å². The average molecular weight is 574 g/mol. The molecule has 3 N–H and O–H groups in total. The molecular formula is C24H21F7N6O3. The minimum atomic E-state index is -4.90. The molecule has 214 valence electrons. The summed E-state index contributed by atoms with van der Waals surface area (Å²) in [5.74, 6) is -7.37. The van der Waals surface area contributed by atoms with Crippen LogP contribution in [0.2, 0.25) is 0 Å². The van der Waals surface area contributed by atoms with Crippen LogP contribution in [0.25, 0.3) is 16.8 Å². The lowest BCUT2D eigenvalue weighted by Crippen LogP contribution is -2.47. The Kier molecular flexibility index (Phi) is 6.53. The lowest BCUT2D eigenvalue weighted by Gasteiger charge is -2.36. The molecule has 2 atom stereocenters. The van der Waals surface area contributed by atoms with Gasteiger partial charge in [0.2, 0.25) is 11.8 Å². The quantitative estimate of drug-likeness (QED) is 0.452. The van der Waals surface area contributed by atoms with Gasteiger partial charge in [-0.05, 0) is 12.1 Å². The van der Waals surface area contributed by atoms with Crippen molar-refractivity contribution in [2.24, 2.45) is 5.92 Å². The Morgan fingerprint density at radius 1 is 1.18 bits per heavy atom. The smallest absolute Gasteiger partial charge is 0.418 e. The number of nitrogens with one attached hydrogen (secondary N) is 1. The van der Waals surface area contributed by atoms with Gasteiger partial charge in [0.25, 0.3) is 5.91 Å². The van der Waals surface area contributed by atoms with Crippen LogP contribution < -0.4 is 15.8 Å². The zero-order valence-electron chi connectivity index (χ0n) is 20.6. The normalized spacial score (nSPS) is 20.9. The van der Waals surface area contributed by atoms with Crippen LogP contribution in [0.3, 0.4) is 0 Å². The molecule has 3 heterocycles. The van der Waals surface area contributed by atoms with Crippen LogP contribution in [-0.4, -0.2) is 69.6 Å². The Bertz CT molecular complexity index is 1500. The van der Waals surface area contributed by atoms with Crippen LogP contribution in [0, 0.1) is 11.7 Å². The molecule has 40 heavy (non-hydrogen) atoms. The van der Waals surface area contributed by atoms with Crippen LogP contribution in [0.15, 0.2) is 24.5 Å². The number of nitrogens with zero attached hydrogens (tertiary/aromatic N) is 4. The molecule has 3 aromatic rings. The number of anilines is 1. The van der Waals surface area contributed by atoms with Crippen molar-refractivity contribution in [2.75, 3.05) is 25.9 Å². The van der Waals surface area contributed by atoms with Crippen molar-refractivity contribution in [2.45, 2.75) is 37.2 Å². The zero-order valence-corrected chi connectivity index (χ0v) is 20.6. The van der Waals surface area contributed by atoms with Crippen LogP contribution in [0.4, 0.5) is 36.6 Å². The first-order valence-electron chi connectivity index (χ1n) is 11.9. The summed E-state index contributed by atoms with van der Waals surface area (Å²) in [6, 6.07) is 1.07. The standard InChI is InChI=1S/C24H21F7N6O3/c1-40-18-4-14(25)11(17-3-13(24(29,30)31)19-20(32)33-9-34-37(17)19)2-12(18)21(38)35-16-8-36(7-15(16)26)22(39)10-5-23(27,28)6-10/h2-4,9-10,15-16H,5-8H2,1H3,(H,35,38)(H2,32,33,34).